The van der Waals surface area contributed by atoms with Crippen molar-refractivity contribution in [3.05, 3.63) is 33.9 Å². The van der Waals surface area contributed by atoms with Crippen molar-refractivity contribution in [2.45, 2.75) is 26.5 Å². The van der Waals surface area contributed by atoms with E-state index in [1.54, 1.807) is 17.5 Å². The minimum absolute atomic E-state index is 0.118. The standard InChI is InChI=1S/C12H14BrN3OS/c1-8(2)17-11-9(4-3-5-14-11)6-15-12-16-10(13)7-18-12/h3-5,7-8H,6H2,1-2H3,(H,15,16). The summed E-state index contributed by atoms with van der Waals surface area (Å²) >= 11 is 4.89. The van der Waals surface area contributed by atoms with Gasteiger partial charge in [-0.25, -0.2) is 9.97 Å². The van der Waals surface area contributed by atoms with Crippen LogP contribution < -0.4 is 10.1 Å². The van der Waals surface area contributed by atoms with Crippen LogP contribution in [0.4, 0.5) is 5.13 Å². The van der Waals surface area contributed by atoms with E-state index in [-0.39, 0.29) is 6.10 Å². The summed E-state index contributed by atoms with van der Waals surface area (Å²) in [6, 6.07) is 3.91. The first-order valence-electron chi connectivity index (χ1n) is 5.60. The summed E-state index contributed by atoms with van der Waals surface area (Å²) in [6.45, 7) is 4.63. The molecule has 96 valence electrons. The van der Waals surface area contributed by atoms with Crippen molar-refractivity contribution in [2.75, 3.05) is 5.32 Å². The fourth-order valence-corrected chi connectivity index (χ4v) is 2.54. The summed E-state index contributed by atoms with van der Waals surface area (Å²) in [5, 5.41) is 6.07. The van der Waals surface area contributed by atoms with Crippen molar-refractivity contribution in [1.82, 2.24) is 9.97 Å². The number of nitrogens with one attached hydrogen (secondary N) is 1. The Morgan fingerprint density at radius 3 is 3.00 bits per heavy atom. The van der Waals surface area contributed by atoms with E-state index in [0.29, 0.717) is 12.4 Å². The van der Waals surface area contributed by atoms with E-state index in [1.807, 2.05) is 31.4 Å². The second kappa shape index (κ2) is 6.15. The Morgan fingerprint density at radius 2 is 2.33 bits per heavy atom. The zero-order chi connectivity index (χ0) is 13.0. The van der Waals surface area contributed by atoms with Gasteiger partial charge in [0.2, 0.25) is 5.88 Å². The molecule has 2 rings (SSSR count). The molecule has 0 atom stereocenters. The maximum absolute atomic E-state index is 5.66. The first kappa shape index (κ1) is 13.3. The number of ether oxygens (including phenoxy) is 1. The number of aromatic nitrogens is 2. The van der Waals surface area contributed by atoms with Crippen LogP contribution in [0.1, 0.15) is 19.4 Å². The van der Waals surface area contributed by atoms with Gasteiger partial charge < -0.3 is 10.1 Å². The van der Waals surface area contributed by atoms with Gasteiger partial charge in [0.05, 0.1) is 6.10 Å². The van der Waals surface area contributed by atoms with Crippen LogP contribution in [-0.4, -0.2) is 16.1 Å². The van der Waals surface area contributed by atoms with Crippen molar-refractivity contribution in [1.29, 1.82) is 0 Å². The Morgan fingerprint density at radius 1 is 1.50 bits per heavy atom. The fourth-order valence-electron chi connectivity index (χ4n) is 1.39. The number of pyridine rings is 1. The predicted molar refractivity (Wildman–Crippen MR) is 77.1 cm³/mol. The smallest absolute Gasteiger partial charge is 0.218 e. The van der Waals surface area contributed by atoms with Crippen LogP contribution in [0.15, 0.2) is 28.3 Å². The molecule has 0 aliphatic rings. The molecule has 0 unspecified atom stereocenters. The molecule has 0 fully saturated rings. The van der Waals surface area contributed by atoms with Crippen LogP contribution in [0.3, 0.4) is 0 Å². The lowest BCUT2D eigenvalue weighted by Crippen LogP contribution is -2.10. The lowest BCUT2D eigenvalue weighted by Gasteiger charge is -2.12. The van der Waals surface area contributed by atoms with E-state index >= 15 is 0 Å². The summed E-state index contributed by atoms with van der Waals surface area (Å²) in [5.41, 5.74) is 1.03. The molecule has 2 aromatic rings. The Bertz CT molecular complexity index is 516. The van der Waals surface area contributed by atoms with Crippen molar-refractivity contribution >= 4 is 32.4 Å². The summed E-state index contributed by atoms with van der Waals surface area (Å²) in [6.07, 6.45) is 1.86. The molecule has 0 spiro atoms. The average Bonchev–Trinajstić information content (AvgIpc) is 2.73. The fraction of sp³-hybridized carbons (Fsp3) is 0.333. The average molecular weight is 328 g/mol. The van der Waals surface area contributed by atoms with Crippen LogP contribution in [0, 0.1) is 0 Å². The monoisotopic (exact) mass is 327 g/mol. The van der Waals surface area contributed by atoms with Crippen LogP contribution in [-0.2, 0) is 6.54 Å². The molecule has 2 aromatic heterocycles. The molecule has 0 aliphatic heterocycles. The van der Waals surface area contributed by atoms with Gasteiger partial charge in [0, 0.05) is 23.7 Å². The number of hydrogen-bond acceptors (Lipinski definition) is 5. The van der Waals surface area contributed by atoms with E-state index in [4.69, 9.17) is 4.74 Å². The highest BCUT2D eigenvalue weighted by atomic mass is 79.9. The van der Waals surface area contributed by atoms with Gasteiger partial charge in [0.25, 0.3) is 0 Å². The number of anilines is 1. The number of nitrogens with zero attached hydrogens (tertiary/aromatic N) is 2. The summed E-state index contributed by atoms with van der Waals surface area (Å²) < 4.78 is 6.51. The minimum Gasteiger partial charge on any atom is -0.475 e. The third-order valence-electron chi connectivity index (χ3n) is 2.10. The van der Waals surface area contributed by atoms with E-state index in [2.05, 4.69) is 31.2 Å². The molecule has 1 N–H and O–H groups in total. The van der Waals surface area contributed by atoms with Crippen LogP contribution >= 0.6 is 27.3 Å². The van der Waals surface area contributed by atoms with Crippen molar-refractivity contribution in [3.63, 3.8) is 0 Å². The minimum atomic E-state index is 0.118. The highest BCUT2D eigenvalue weighted by Crippen LogP contribution is 2.22. The lowest BCUT2D eigenvalue weighted by molar-refractivity contribution is 0.230. The van der Waals surface area contributed by atoms with Crippen LogP contribution in [0.25, 0.3) is 0 Å². The molecule has 2 heterocycles. The van der Waals surface area contributed by atoms with E-state index in [1.165, 1.54) is 0 Å². The largest absolute Gasteiger partial charge is 0.475 e. The normalized spacial score (nSPS) is 10.7. The third kappa shape index (κ3) is 3.68. The summed E-state index contributed by atoms with van der Waals surface area (Å²) in [7, 11) is 0. The van der Waals surface area contributed by atoms with E-state index in [0.717, 1.165) is 15.3 Å². The van der Waals surface area contributed by atoms with Gasteiger partial charge in [-0.05, 0) is 35.8 Å². The lowest BCUT2D eigenvalue weighted by atomic mass is 10.2. The maximum atomic E-state index is 5.66. The van der Waals surface area contributed by atoms with E-state index < -0.39 is 0 Å². The highest BCUT2D eigenvalue weighted by Gasteiger charge is 2.07. The molecule has 0 aromatic carbocycles. The molecule has 4 nitrogen and oxygen atoms in total. The van der Waals surface area contributed by atoms with Crippen molar-refractivity contribution in [3.8, 4) is 5.88 Å². The molecule has 0 saturated heterocycles. The van der Waals surface area contributed by atoms with Gasteiger partial charge in [-0.1, -0.05) is 6.07 Å². The highest BCUT2D eigenvalue weighted by molar-refractivity contribution is 9.10. The topological polar surface area (TPSA) is 47.0 Å². The Hall–Kier alpha value is -1.14. The van der Waals surface area contributed by atoms with Gasteiger partial charge in [-0.2, -0.15) is 0 Å². The molecule has 6 heteroatoms. The molecular formula is C12H14BrN3OS. The van der Waals surface area contributed by atoms with Gasteiger partial charge in [-0.3, -0.25) is 0 Å². The second-order valence-corrected chi connectivity index (χ2v) is 5.63. The third-order valence-corrected chi connectivity index (χ3v) is 3.61. The number of rotatable bonds is 5. The summed E-state index contributed by atoms with van der Waals surface area (Å²) in [5.74, 6) is 0.677. The van der Waals surface area contributed by atoms with Crippen molar-refractivity contribution < 1.29 is 4.74 Å². The molecular weight excluding hydrogens is 314 g/mol. The molecule has 0 bridgehead atoms. The molecule has 18 heavy (non-hydrogen) atoms. The molecule has 0 aliphatic carbocycles. The zero-order valence-corrected chi connectivity index (χ0v) is 12.6. The molecule has 0 amide bonds. The van der Waals surface area contributed by atoms with Crippen molar-refractivity contribution in [2.24, 2.45) is 0 Å². The Balaban J connectivity index is 2.04. The van der Waals surface area contributed by atoms with Crippen LogP contribution in [0.2, 0.25) is 0 Å². The molecule has 0 saturated carbocycles. The number of halogens is 1. The zero-order valence-electron chi connectivity index (χ0n) is 10.2. The molecule has 0 radical (unpaired) electrons. The predicted octanol–water partition coefficient (Wildman–Crippen LogP) is 3.70. The quantitative estimate of drug-likeness (QED) is 0.909. The number of thiazole rings is 1. The van der Waals surface area contributed by atoms with Gasteiger partial charge >= 0.3 is 0 Å². The SMILES string of the molecule is CC(C)Oc1ncccc1CNc1nc(Br)cs1. The summed E-state index contributed by atoms with van der Waals surface area (Å²) in [4.78, 5) is 8.53. The Kier molecular flexibility index (Phi) is 4.54. The van der Waals surface area contributed by atoms with E-state index in [9.17, 15) is 0 Å². The van der Waals surface area contributed by atoms with Gasteiger partial charge in [-0.15, -0.1) is 11.3 Å². The first-order chi connectivity index (χ1) is 8.65. The second-order valence-electron chi connectivity index (χ2n) is 3.96. The Labute approximate surface area is 119 Å². The van der Waals surface area contributed by atoms with Gasteiger partial charge in [0.15, 0.2) is 5.13 Å². The first-order valence-corrected chi connectivity index (χ1v) is 7.28. The maximum Gasteiger partial charge on any atom is 0.218 e. The number of hydrogen-bond donors (Lipinski definition) is 1. The van der Waals surface area contributed by atoms with Gasteiger partial charge in [0.1, 0.15) is 4.60 Å². The van der Waals surface area contributed by atoms with Crippen LogP contribution in [0.5, 0.6) is 5.88 Å².